The molecule has 2 N–H and O–H groups in total. The normalized spacial score (nSPS) is 24.9. The molecule has 4 nitrogen and oxygen atoms in total. The Bertz CT molecular complexity index is 362. The van der Waals surface area contributed by atoms with Gasteiger partial charge in [-0.2, -0.15) is 5.10 Å². The Labute approximate surface area is 117 Å². The van der Waals surface area contributed by atoms with Gasteiger partial charge in [0.05, 0.1) is 16.4 Å². The van der Waals surface area contributed by atoms with Gasteiger partial charge in [-0.05, 0) is 40.9 Å². The van der Waals surface area contributed by atoms with E-state index in [2.05, 4.69) is 32.9 Å². The van der Waals surface area contributed by atoms with Crippen molar-refractivity contribution in [2.75, 3.05) is 19.6 Å². The molecule has 1 unspecified atom stereocenters. The molecule has 0 saturated carbocycles. The molecule has 2 heterocycles. The average Bonchev–Trinajstić information content (AvgIpc) is 2.78. The zero-order valence-corrected chi connectivity index (χ0v) is 12.7. The molecule has 2 rings (SSSR count). The fraction of sp³-hybridized carbons (Fsp3) is 0.727. The van der Waals surface area contributed by atoms with Crippen molar-refractivity contribution in [1.82, 2.24) is 14.7 Å². The van der Waals surface area contributed by atoms with Gasteiger partial charge >= 0.3 is 0 Å². The molecule has 98 valence electrons. The van der Waals surface area contributed by atoms with Crippen LogP contribution in [0.5, 0.6) is 0 Å². The van der Waals surface area contributed by atoms with Crippen LogP contribution in [0.3, 0.4) is 0 Å². The lowest BCUT2D eigenvalue weighted by atomic mass is 9.90. The first-order chi connectivity index (χ1) is 7.54. The Morgan fingerprint density at radius 2 is 2.29 bits per heavy atom. The summed E-state index contributed by atoms with van der Waals surface area (Å²) in [6, 6.07) is 0. The molecule has 0 amide bonds. The van der Waals surface area contributed by atoms with Crippen LogP contribution < -0.4 is 5.73 Å². The Morgan fingerprint density at radius 1 is 1.59 bits per heavy atom. The first kappa shape index (κ1) is 15.0. The van der Waals surface area contributed by atoms with E-state index in [4.69, 9.17) is 5.73 Å². The molecular weight excluding hydrogens is 304 g/mol. The minimum absolute atomic E-state index is 0. The number of aryl methyl sites for hydroxylation is 1. The minimum Gasteiger partial charge on any atom is -0.330 e. The summed E-state index contributed by atoms with van der Waals surface area (Å²) in [5.74, 6) is 0. The fourth-order valence-electron chi connectivity index (χ4n) is 2.25. The van der Waals surface area contributed by atoms with E-state index in [1.807, 2.05) is 17.9 Å². The van der Waals surface area contributed by atoms with Gasteiger partial charge in [0, 0.05) is 20.1 Å². The minimum atomic E-state index is 0. The van der Waals surface area contributed by atoms with Crippen LogP contribution in [0.15, 0.2) is 10.7 Å². The zero-order valence-electron chi connectivity index (χ0n) is 10.3. The molecule has 1 atom stereocenters. The molecule has 1 aliphatic rings. The van der Waals surface area contributed by atoms with Gasteiger partial charge < -0.3 is 5.73 Å². The molecule has 0 radical (unpaired) electrons. The van der Waals surface area contributed by atoms with E-state index in [9.17, 15) is 0 Å². The second-order valence-electron chi connectivity index (χ2n) is 5.04. The predicted octanol–water partition coefficient (Wildman–Crippen LogP) is 1.78. The van der Waals surface area contributed by atoms with E-state index < -0.39 is 0 Å². The number of hydrogen-bond donors (Lipinski definition) is 1. The summed E-state index contributed by atoms with van der Waals surface area (Å²) in [5.41, 5.74) is 7.34. The first-order valence-corrected chi connectivity index (χ1v) is 6.42. The van der Waals surface area contributed by atoms with Crippen molar-refractivity contribution < 1.29 is 0 Å². The van der Waals surface area contributed by atoms with Gasteiger partial charge in [-0.25, -0.2) is 0 Å². The Kier molecular flexibility index (Phi) is 5.01. The van der Waals surface area contributed by atoms with E-state index in [1.165, 1.54) is 12.1 Å². The van der Waals surface area contributed by atoms with Crippen LogP contribution in [0.2, 0.25) is 0 Å². The summed E-state index contributed by atoms with van der Waals surface area (Å²) in [7, 11) is 1.98. The number of nitrogens with zero attached hydrogens (tertiary/aromatic N) is 3. The number of likely N-dealkylation sites (tertiary alicyclic amines) is 1. The lowest BCUT2D eigenvalue weighted by molar-refractivity contribution is 0.268. The quantitative estimate of drug-likeness (QED) is 0.922. The monoisotopic (exact) mass is 322 g/mol. The summed E-state index contributed by atoms with van der Waals surface area (Å²) < 4.78 is 3.03. The van der Waals surface area contributed by atoms with Crippen molar-refractivity contribution in [3.8, 4) is 0 Å². The number of aromatic nitrogens is 2. The lowest BCUT2D eigenvalue weighted by Crippen LogP contribution is -2.31. The van der Waals surface area contributed by atoms with Gasteiger partial charge in [-0.3, -0.25) is 9.58 Å². The third kappa shape index (κ3) is 3.22. The van der Waals surface area contributed by atoms with E-state index >= 15 is 0 Å². The van der Waals surface area contributed by atoms with E-state index in [1.54, 1.807) is 0 Å². The molecule has 0 bridgehead atoms. The maximum absolute atomic E-state index is 5.81. The standard InChI is InChI=1S/C11H19BrN4.ClH/c1-11(7-13)3-4-16(8-11)6-10-9(12)5-14-15(10)2;/h5H,3-4,6-8,13H2,1-2H3;1H. The largest absolute Gasteiger partial charge is 0.330 e. The molecule has 1 aliphatic heterocycles. The summed E-state index contributed by atoms with van der Waals surface area (Å²) >= 11 is 3.54. The van der Waals surface area contributed by atoms with Crippen LogP contribution in [0.25, 0.3) is 0 Å². The van der Waals surface area contributed by atoms with Crippen LogP contribution in [0.4, 0.5) is 0 Å². The smallest absolute Gasteiger partial charge is 0.0663 e. The van der Waals surface area contributed by atoms with Crippen molar-refractivity contribution >= 4 is 28.3 Å². The van der Waals surface area contributed by atoms with E-state index in [0.29, 0.717) is 5.41 Å². The Morgan fingerprint density at radius 3 is 2.76 bits per heavy atom. The van der Waals surface area contributed by atoms with Crippen molar-refractivity contribution in [3.05, 3.63) is 16.4 Å². The van der Waals surface area contributed by atoms with E-state index in [0.717, 1.165) is 30.7 Å². The molecule has 1 aromatic rings. The topological polar surface area (TPSA) is 47.1 Å². The van der Waals surface area contributed by atoms with Crippen LogP contribution in [0.1, 0.15) is 19.0 Å². The number of nitrogens with two attached hydrogens (primary N) is 1. The highest BCUT2D eigenvalue weighted by atomic mass is 79.9. The number of rotatable bonds is 3. The highest BCUT2D eigenvalue weighted by Crippen LogP contribution is 2.30. The fourth-order valence-corrected chi connectivity index (χ4v) is 2.73. The highest BCUT2D eigenvalue weighted by molar-refractivity contribution is 9.10. The predicted molar refractivity (Wildman–Crippen MR) is 75.2 cm³/mol. The van der Waals surface area contributed by atoms with Gasteiger partial charge in [0.25, 0.3) is 0 Å². The molecule has 0 aliphatic carbocycles. The van der Waals surface area contributed by atoms with Gasteiger partial charge in [0.1, 0.15) is 0 Å². The van der Waals surface area contributed by atoms with Crippen molar-refractivity contribution in [2.45, 2.75) is 19.9 Å². The van der Waals surface area contributed by atoms with Gasteiger partial charge in [-0.15, -0.1) is 12.4 Å². The van der Waals surface area contributed by atoms with Crippen LogP contribution in [-0.2, 0) is 13.6 Å². The molecule has 1 aromatic heterocycles. The molecule has 1 saturated heterocycles. The summed E-state index contributed by atoms with van der Waals surface area (Å²) in [6.45, 7) is 6.21. The average molecular weight is 324 g/mol. The second-order valence-corrected chi connectivity index (χ2v) is 5.89. The maximum Gasteiger partial charge on any atom is 0.0663 e. The van der Waals surface area contributed by atoms with Crippen molar-refractivity contribution in [2.24, 2.45) is 18.2 Å². The van der Waals surface area contributed by atoms with Gasteiger partial charge in [0.15, 0.2) is 0 Å². The molecule has 6 heteroatoms. The zero-order chi connectivity index (χ0) is 11.8. The van der Waals surface area contributed by atoms with Crippen LogP contribution >= 0.6 is 28.3 Å². The number of hydrogen-bond acceptors (Lipinski definition) is 3. The SMILES string of the molecule is Cl.Cn1ncc(Br)c1CN1CCC(C)(CN)C1. The molecule has 0 aromatic carbocycles. The summed E-state index contributed by atoms with van der Waals surface area (Å²) in [4.78, 5) is 2.45. The van der Waals surface area contributed by atoms with Gasteiger partial charge in [-0.1, -0.05) is 6.92 Å². The molecule has 0 spiro atoms. The number of halogens is 2. The molecular formula is C11H20BrClN4. The maximum atomic E-state index is 5.81. The highest BCUT2D eigenvalue weighted by Gasteiger charge is 2.32. The van der Waals surface area contributed by atoms with Gasteiger partial charge in [0.2, 0.25) is 0 Å². The van der Waals surface area contributed by atoms with E-state index in [-0.39, 0.29) is 12.4 Å². The van der Waals surface area contributed by atoms with Crippen LogP contribution in [-0.4, -0.2) is 34.3 Å². The third-order valence-electron chi connectivity index (χ3n) is 3.51. The summed E-state index contributed by atoms with van der Waals surface area (Å²) in [6.07, 6.45) is 3.05. The second kappa shape index (κ2) is 5.69. The first-order valence-electron chi connectivity index (χ1n) is 5.63. The molecule has 17 heavy (non-hydrogen) atoms. The Balaban J connectivity index is 0.00000144. The van der Waals surface area contributed by atoms with Crippen molar-refractivity contribution in [3.63, 3.8) is 0 Å². The summed E-state index contributed by atoms with van der Waals surface area (Å²) in [5, 5.41) is 4.23. The molecule has 1 fully saturated rings. The van der Waals surface area contributed by atoms with Crippen LogP contribution in [0, 0.1) is 5.41 Å². The van der Waals surface area contributed by atoms with Crippen molar-refractivity contribution in [1.29, 1.82) is 0 Å². The Hall–Kier alpha value is -0.100. The third-order valence-corrected chi connectivity index (χ3v) is 4.18. The lowest BCUT2D eigenvalue weighted by Gasteiger charge is -2.22.